The molecule has 0 fully saturated rings. The number of benzene rings is 1. The Bertz CT molecular complexity index is 570. The molecular weight excluding hydrogens is 298 g/mol. The normalized spacial score (nSPS) is 11.6. The maximum atomic E-state index is 11.7. The van der Waals surface area contributed by atoms with Crippen molar-refractivity contribution in [2.45, 2.75) is 20.8 Å². The predicted octanol–water partition coefficient (Wildman–Crippen LogP) is 2.75. The second-order valence-corrected chi connectivity index (χ2v) is 6.07. The Kier molecular flexibility index (Phi) is 6.63. The van der Waals surface area contributed by atoms with E-state index in [9.17, 15) is 9.59 Å². The van der Waals surface area contributed by atoms with Gasteiger partial charge in [-0.1, -0.05) is 20.8 Å². The van der Waals surface area contributed by atoms with Gasteiger partial charge in [-0.15, -0.1) is 0 Å². The first-order valence-corrected chi connectivity index (χ1v) is 7.13. The summed E-state index contributed by atoms with van der Waals surface area (Å²) >= 11 is 0. The predicted molar refractivity (Wildman–Crippen MR) is 87.1 cm³/mol. The van der Waals surface area contributed by atoms with E-state index in [2.05, 4.69) is 35.6 Å². The number of rotatable bonds is 6. The van der Waals surface area contributed by atoms with Crippen LogP contribution in [0.3, 0.4) is 0 Å². The van der Waals surface area contributed by atoms with Crippen LogP contribution in [0.25, 0.3) is 0 Å². The van der Waals surface area contributed by atoms with E-state index in [4.69, 9.17) is 4.74 Å². The van der Waals surface area contributed by atoms with Crippen molar-refractivity contribution in [2.24, 2.45) is 5.41 Å². The van der Waals surface area contributed by atoms with Gasteiger partial charge in [0.2, 0.25) is 0 Å². The van der Waals surface area contributed by atoms with Gasteiger partial charge >= 0.3 is 11.9 Å². The van der Waals surface area contributed by atoms with Crippen LogP contribution in [0.4, 0.5) is 5.69 Å². The van der Waals surface area contributed by atoms with Gasteiger partial charge < -0.3 is 19.5 Å². The summed E-state index contributed by atoms with van der Waals surface area (Å²) in [6.45, 7) is 6.85. The van der Waals surface area contributed by atoms with Crippen LogP contribution in [0.5, 0.6) is 5.75 Å². The number of esters is 2. The van der Waals surface area contributed by atoms with Crippen molar-refractivity contribution in [1.82, 2.24) is 0 Å². The molecule has 0 radical (unpaired) electrons. The summed E-state index contributed by atoms with van der Waals surface area (Å²) in [6.07, 6.45) is 1.04. The van der Waals surface area contributed by atoms with Gasteiger partial charge in [-0.3, -0.25) is 0 Å². The average molecular weight is 321 g/mol. The third-order valence-electron chi connectivity index (χ3n) is 2.67. The van der Waals surface area contributed by atoms with Crippen LogP contribution < -0.4 is 10.1 Å². The average Bonchev–Trinajstić information content (AvgIpc) is 2.51. The summed E-state index contributed by atoms with van der Waals surface area (Å²) in [5, 5.41) is 2.82. The lowest BCUT2D eigenvalue weighted by molar-refractivity contribution is -0.138. The third-order valence-corrected chi connectivity index (χ3v) is 2.67. The Hall–Kier alpha value is -2.50. The Morgan fingerprint density at radius 2 is 1.70 bits per heavy atom. The quantitative estimate of drug-likeness (QED) is 0.641. The van der Waals surface area contributed by atoms with Crippen LogP contribution in [0.2, 0.25) is 0 Å². The molecule has 0 aromatic heterocycles. The molecule has 1 N–H and O–H groups in total. The summed E-state index contributed by atoms with van der Waals surface area (Å²) in [7, 11) is 2.47. The topological polar surface area (TPSA) is 73.9 Å². The molecule has 0 amide bonds. The lowest BCUT2D eigenvalue weighted by Gasteiger charge is -2.19. The van der Waals surface area contributed by atoms with Crippen molar-refractivity contribution in [2.75, 3.05) is 26.1 Å². The highest BCUT2D eigenvalue weighted by Gasteiger charge is 2.13. The maximum Gasteiger partial charge on any atom is 0.354 e. The third kappa shape index (κ3) is 6.86. The molecular formula is C17H23NO5. The molecule has 0 aliphatic rings. The minimum absolute atomic E-state index is 0.0114. The highest BCUT2D eigenvalue weighted by Crippen LogP contribution is 2.20. The van der Waals surface area contributed by atoms with E-state index in [0.717, 1.165) is 11.8 Å². The van der Waals surface area contributed by atoms with E-state index in [-0.39, 0.29) is 11.1 Å². The number of ether oxygens (including phenoxy) is 3. The lowest BCUT2D eigenvalue weighted by atomic mass is 9.99. The van der Waals surface area contributed by atoms with Gasteiger partial charge in [0.05, 0.1) is 26.9 Å². The minimum Gasteiger partial charge on any atom is -0.493 e. The highest BCUT2D eigenvalue weighted by atomic mass is 16.5. The SMILES string of the molecule is COC(=O)/C=C(/Nc1ccc(OCC(C)(C)C)cc1)C(=O)OC. The molecule has 126 valence electrons. The zero-order valence-corrected chi connectivity index (χ0v) is 14.1. The number of nitrogens with one attached hydrogen (secondary N) is 1. The van der Waals surface area contributed by atoms with Crippen molar-refractivity contribution < 1.29 is 23.8 Å². The van der Waals surface area contributed by atoms with Crippen molar-refractivity contribution >= 4 is 17.6 Å². The molecule has 0 saturated carbocycles. The zero-order valence-electron chi connectivity index (χ0n) is 14.1. The van der Waals surface area contributed by atoms with E-state index >= 15 is 0 Å². The fourth-order valence-corrected chi connectivity index (χ4v) is 1.52. The van der Waals surface area contributed by atoms with E-state index in [1.54, 1.807) is 24.3 Å². The molecule has 1 aromatic carbocycles. The van der Waals surface area contributed by atoms with Crippen molar-refractivity contribution in [3.63, 3.8) is 0 Å². The molecule has 0 aliphatic carbocycles. The standard InChI is InChI=1S/C17H23NO5/c1-17(2,3)11-23-13-8-6-12(7-9-13)18-14(16(20)22-5)10-15(19)21-4/h6-10,18H,11H2,1-5H3/b14-10+. The molecule has 23 heavy (non-hydrogen) atoms. The lowest BCUT2D eigenvalue weighted by Crippen LogP contribution is -2.17. The Balaban J connectivity index is 2.80. The van der Waals surface area contributed by atoms with Crippen LogP contribution in [-0.2, 0) is 19.1 Å². The summed E-state index contributed by atoms with van der Waals surface area (Å²) in [5.74, 6) is -0.589. The second-order valence-electron chi connectivity index (χ2n) is 6.07. The first-order chi connectivity index (χ1) is 10.7. The number of methoxy groups -OCH3 is 2. The van der Waals surface area contributed by atoms with Gasteiger partial charge in [0.25, 0.3) is 0 Å². The van der Waals surface area contributed by atoms with Crippen molar-refractivity contribution in [1.29, 1.82) is 0 Å². The van der Waals surface area contributed by atoms with Gasteiger partial charge in [0, 0.05) is 5.69 Å². The maximum absolute atomic E-state index is 11.7. The van der Waals surface area contributed by atoms with Crippen LogP contribution in [0.15, 0.2) is 36.0 Å². The Morgan fingerprint density at radius 3 is 2.17 bits per heavy atom. The molecule has 1 aromatic rings. The van der Waals surface area contributed by atoms with Gasteiger partial charge in [0.1, 0.15) is 11.4 Å². The fraction of sp³-hybridized carbons (Fsp3) is 0.412. The molecule has 1 rings (SSSR count). The van der Waals surface area contributed by atoms with Gasteiger partial charge in [0.15, 0.2) is 0 Å². The minimum atomic E-state index is -0.663. The summed E-state index contributed by atoms with van der Waals surface area (Å²) in [5.41, 5.74) is 0.675. The van der Waals surface area contributed by atoms with Gasteiger partial charge in [-0.2, -0.15) is 0 Å². The largest absolute Gasteiger partial charge is 0.493 e. The number of carbonyl (C=O) groups is 2. The van der Waals surface area contributed by atoms with Crippen LogP contribution >= 0.6 is 0 Å². The van der Waals surface area contributed by atoms with Crippen molar-refractivity contribution in [3.8, 4) is 5.75 Å². The first kappa shape index (κ1) is 18.5. The highest BCUT2D eigenvalue weighted by molar-refractivity contribution is 5.98. The molecule has 0 unspecified atom stereocenters. The Morgan fingerprint density at radius 1 is 1.09 bits per heavy atom. The van der Waals surface area contributed by atoms with Crippen LogP contribution in [0, 0.1) is 5.41 Å². The molecule has 0 spiro atoms. The van der Waals surface area contributed by atoms with Gasteiger partial charge in [-0.25, -0.2) is 9.59 Å². The summed E-state index contributed by atoms with van der Waals surface area (Å²) < 4.78 is 14.8. The van der Waals surface area contributed by atoms with E-state index in [1.165, 1.54) is 14.2 Å². The second kappa shape index (κ2) is 8.22. The number of hydrogen-bond donors (Lipinski definition) is 1. The molecule has 0 saturated heterocycles. The molecule has 6 heteroatoms. The molecule has 0 aliphatic heterocycles. The number of anilines is 1. The monoisotopic (exact) mass is 321 g/mol. The number of carbonyl (C=O) groups excluding carboxylic acids is 2. The molecule has 0 heterocycles. The summed E-state index contributed by atoms with van der Waals surface area (Å²) in [6, 6.07) is 7.04. The van der Waals surface area contributed by atoms with Crippen LogP contribution in [-0.4, -0.2) is 32.8 Å². The smallest absolute Gasteiger partial charge is 0.354 e. The number of hydrogen-bond acceptors (Lipinski definition) is 6. The van der Waals surface area contributed by atoms with E-state index in [0.29, 0.717) is 12.3 Å². The summed E-state index contributed by atoms with van der Waals surface area (Å²) in [4.78, 5) is 23.0. The van der Waals surface area contributed by atoms with Gasteiger partial charge in [-0.05, 0) is 29.7 Å². The fourth-order valence-electron chi connectivity index (χ4n) is 1.52. The first-order valence-electron chi connectivity index (χ1n) is 7.13. The van der Waals surface area contributed by atoms with Crippen LogP contribution in [0.1, 0.15) is 20.8 Å². The van der Waals surface area contributed by atoms with Crippen molar-refractivity contribution in [3.05, 3.63) is 36.0 Å². The van der Waals surface area contributed by atoms with E-state index in [1.807, 2.05) is 0 Å². The molecule has 0 bridgehead atoms. The Labute approximate surface area is 136 Å². The van der Waals surface area contributed by atoms with E-state index < -0.39 is 11.9 Å². The molecule has 6 nitrogen and oxygen atoms in total. The zero-order chi connectivity index (χ0) is 17.5. The molecule has 0 atom stereocenters.